The van der Waals surface area contributed by atoms with Crippen molar-refractivity contribution in [3.05, 3.63) is 65.0 Å². The fourth-order valence-corrected chi connectivity index (χ4v) is 2.51. The number of hydrogen-bond donors (Lipinski definition) is 1. The predicted octanol–water partition coefficient (Wildman–Crippen LogP) is 4.41. The summed E-state index contributed by atoms with van der Waals surface area (Å²) in [5, 5.41) is 3.56. The predicted molar refractivity (Wildman–Crippen MR) is 89.6 cm³/mol. The van der Waals surface area contributed by atoms with E-state index in [1.165, 1.54) is 16.7 Å². The minimum absolute atomic E-state index is 0.327. The highest BCUT2D eigenvalue weighted by Gasteiger charge is 2.11. The summed E-state index contributed by atoms with van der Waals surface area (Å²) in [7, 11) is 0. The van der Waals surface area contributed by atoms with Crippen LogP contribution < -0.4 is 5.32 Å². The van der Waals surface area contributed by atoms with E-state index in [-0.39, 0.29) is 0 Å². The molecule has 2 rings (SSSR count). The molecule has 0 spiro atoms. The first kappa shape index (κ1) is 15.7. The van der Waals surface area contributed by atoms with E-state index in [9.17, 15) is 0 Å². The number of likely N-dealkylation sites (N-methyl/N-ethyl adjacent to an activating group) is 1. The SMILES string of the molecule is CCNC(Cc1ccc(C(C)C)cc1)c1ccc(C)nc1. The molecule has 0 amide bonds. The van der Waals surface area contributed by atoms with Crippen molar-refractivity contribution in [2.45, 2.75) is 46.1 Å². The van der Waals surface area contributed by atoms with Crippen LogP contribution in [0.3, 0.4) is 0 Å². The van der Waals surface area contributed by atoms with Crippen LogP contribution in [0.25, 0.3) is 0 Å². The van der Waals surface area contributed by atoms with Crippen LogP contribution in [0.2, 0.25) is 0 Å². The summed E-state index contributed by atoms with van der Waals surface area (Å²) in [6.45, 7) is 9.60. The second kappa shape index (κ2) is 7.37. The van der Waals surface area contributed by atoms with Gasteiger partial charge in [-0.05, 0) is 48.6 Å². The lowest BCUT2D eigenvalue weighted by Gasteiger charge is -2.19. The highest BCUT2D eigenvalue weighted by molar-refractivity contribution is 5.27. The molecule has 0 saturated carbocycles. The van der Waals surface area contributed by atoms with Gasteiger partial charge in [0.15, 0.2) is 0 Å². The van der Waals surface area contributed by atoms with E-state index in [1.54, 1.807) is 0 Å². The number of aromatic nitrogens is 1. The lowest BCUT2D eigenvalue weighted by molar-refractivity contribution is 0.548. The Kier molecular flexibility index (Phi) is 5.51. The first-order valence-electron chi connectivity index (χ1n) is 7.85. The van der Waals surface area contributed by atoms with Crippen LogP contribution in [0.1, 0.15) is 55.1 Å². The third-order valence-corrected chi connectivity index (χ3v) is 3.87. The zero-order chi connectivity index (χ0) is 15.2. The molecule has 0 bridgehead atoms. The maximum Gasteiger partial charge on any atom is 0.0376 e. The molecule has 2 aromatic rings. The van der Waals surface area contributed by atoms with Crippen LogP contribution in [-0.2, 0) is 6.42 Å². The molecule has 1 N–H and O–H groups in total. The zero-order valence-corrected chi connectivity index (χ0v) is 13.6. The second-order valence-electron chi connectivity index (χ2n) is 5.94. The maximum absolute atomic E-state index is 4.42. The van der Waals surface area contributed by atoms with Gasteiger partial charge < -0.3 is 5.32 Å². The van der Waals surface area contributed by atoms with Crippen LogP contribution in [-0.4, -0.2) is 11.5 Å². The van der Waals surface area contributed by atoms with E-state index >= 15 is 0 Å². The number of aryl methyl sites for hydroxylation is 1. The molecule has 112 valence electrons. The van der Waals surface area contributed by atoms with Gasteiger partial charge in [0.25, 0.3) is 0 Å². The van der Waals surface area contributed by atoms with E-state index in [1.807, 2.05) is 13.1 Å². The number of benzene rings is 1. The number of rotatable bonds is 6. The molecule has 0 aliphatic heterocycles. The minimum Gasteiger partial charge on any atom is -0.310 e. The lowest BCUT2D eigenvalue weighted by atomic mass is 9.96. The fourth-order valence-electron chi connectivity index (χ4n) is 2.51. The molecule has 0 aliphatic rings. The van der Waals surface area contributed by atoms with Crippen molar-refractivity contribution in [3.8, 4) is 0 Å². The van der Waals surface area contributed by atoms with Crippen molar-refractivity contribution in [3.63, 3.8) is 0 Å². The number of pyridine rings is 1. The van der Waals surface area contributed by atoms with Crippen LogP contribution in [0.5, 0.6) is 0 Å². The molecule has 2 nitrogen and oxygen atoms in total. The summed E-state index contributed by atoms with van der Waals surface area (Å²) in [6, 6.07) is 13.6. The first-order valence-corrected chi connectivity index (χ1v) is 7.85. The van der Waals surface area contributed by atoms with Crippen LogP contribution in [0, 0.1) is 6.92 Å². The van der Waals surface area contributed by atoms with E-state index in [0.29, 0.717) is 12.0 Å². The van der Waals surface area contributed by atoms with Gasteiger partial charge in [0, 0.05) is 17.9 Å². The second-order valence-corrected chi connectivity index (χ2v) is 5.94. The van der Waals surface area contributed by atoms with Crippen LogP contribution >= 0.6 is 0 Å². The summed E-state index contributed by atoms with van der Waals surface area (Å²) in [6.07, 6.45) is 2.99. The van der Waals surface area contributed by atoms with Gasteiger partial charge >= 0.3 is 0 Å². The topological polar surface area (TPSA) is 24.9 Å². The molecular weight excluding hydrogens is 256 g/mol. The van der Waals surface area contributed by atoms with Crippen molar-refractivity contribution in [1.82, 2.24) is 10.3 Å². The van der Waals surface area contributed by atoms with Crippen molar-refractivity contribution >= 4 is 0 Å². The Labute approximate surface area is 128 Å². The van der Waals surface area contributed by atoms with Gasteiger partial charge in [-0.3, -0.25) is 4.98 Å². The lowest BCUT2D eigenvalue weighted by Crippen LogP contribution is -2.23. The molecule has 21 heavy (non-hydrogen) atoms. The average Bonchev–Trinajstić information content (AvgIpc) is 2.48. The highest BCUT2D eigenvalue weighted by Crippen LogP contribution is 2.20. The molecule has 1 atom stereocenters. The fraction of sp³-hybridized carbons (Fsp3) is 0.421. The van der Waals surface area contributed by atoms with Gasteiger partial charge in [0.1, 0.15) is 0 Å². The van der Waals surface area contributed by atoms with E-state index in [2.05, 4.69) is 67.5 Å². The van der Waals surface area contributed by atoms with Crippen molar-refractivity contribution in [1.29, 1.82) is 0 Å². The highest BCUT2D eigenvalue weighted by atomic mass is 14.9. The van der Waals surface area contributed by atoms with E-state index in [0.717, 1.165) is 18.7 Å². The summed E-state index contributed by atoms with van der Waals surface area (Å²) in [5.74, 6) is 0.588. The Morgan fingerprint density at radius 1 is 1.00 bits per heavy atom. The largest absolute Gasteiger partial charge is 0.310 e. The molecule has 1 aromatic carbocycles. The summed E-state index contributed by atoms with van der Waals surface area (Å²) in [4.78, 5) is 4.42. The van der Waals surface area contributed by atoms with Crippen LogP contribution in [0.15, 0.2) is 42.6 Å². The number of hydrogen-bond acceptors (Lipinski definition) is 2. The van der Waals surface area contributed by atoms with Crippen molar-refractivity contribution < 1.29 is 0 Å². The summed E-state index contributed by atoms with van der Waals surface area (Å²) in [5.41, 5.74) is 5.09. The van der Waals surface area contributed by atoms with Gasteiger partial charge in [-0.2, -0.15) is 0 Å². The van der Waals surface area contributed by atoms with Gasteiger partial charge in [-0.1, -0.05) is 51.1 Å². The zero-order valence-electron chi connectivity index (χ0n) is 13.6. The molecule has 0 fully saturated rings. The molecular formula is C19H26N2. The third-order valence-electron chi connectivity index (χ3n) is 3.87. The summed E-state index contributed by atoms with van der Waals surface area (Å²) < 4.78 is 0. The van der Waals surface area contributed by atoms with Crippen molar-refractivity contribution in [2.75, 3.05) is 6.54 Å². The Balaban J connectivity index is 2.13. The average molecular weight is 282 g/mol. The smallest absolute Gasteiger partial charge is 0.0376 e. The van der Waals surface area contributed by atoms with Crippen LogP contribution in [0.4, 0.5) is 0 Å². The Morgan fingerprint density at radius 2 is 1.67 bits per heavy atom. The van der Waals surface area contributed by atoms with Gasteiger partial charge in [0.2, 0.25) is 0 Å². The first-order chi connectivity index (χ1) is 10.1. The monoisotopic (exact) mass is 282 g/mol. The Hall–Kier alpha value is -1.67. The van der Waals surface area contributed by atoms with Crippen molar-refractivity contribution in [2.24, 2.45) is 0 Å². The molecule has 0 saturated heterocycles. The normalized spacial score (nSPS) is 12.6. The molecule has 1 heterocycles. The van der Waals surface area contributed by atoms with Gasteiger partial charge in [-0.25, -0.2) is 0 Å². The minimum atomic E-state index is 0.327. The quantitative estimate of drug-likeness (QED) is 0.849. The summed E-state index contributed by atoms with van der Waals surface area (Å²) >= 11 is 0. The molecule has 0 radical (unpaired) electrons. The molecule has 1 unspecified atom stereocenters. The molecule has 0 aliphatic carbocycles. The van der Waals surface area contributed by atoms with Gasteiger partial charge in [0.05, 0.1) is 0 Å². The molecule has 1 aromatic heterocycles. The third kappa shape index (κ3) is 4.40. The van der Waals surface area contributed by atoms with E-state index in [4.69, 9.17) is 0 Å². The number of nitrogens with one attached hydrogen (secondary N) is 1. The Morgan fingerprint density at radius 3 is 2.19 bits per heavy atom. The maximum atomic E-state index is 4.42. The van der Waals surface area contributed by atoms with E-state index < -0.39 is 0 Å². The molecule has 2 heteroatoms. The Bertz CT molecular complexity index is 541. The standard InChI is InChI=1S/C19H26N2/c1-5-20-19(18-9-6-15(4)21-13-18)12-16-7-10-17(11-8-16)14(2)3/h6-11,13-14,19-20H,5,12H2,1-4H3. The number of nitrogens with zero attached hydrogens (tertiary/aromatic N) is 1. The van der Waals surface area contributed by atoms with Gasteiger partial charge in [-0.15, -0.1) is 0 Å².